The van der Waals surface area contributed by atoms with E-state index in [1.54, 1.807) is 0 Å². The minimum atomic E-state index is 0.412. The SMILES string of the molecule is BrCC1NC=CC=C1Br. The maximum atomic E-state index is 3.43. The Morgan fingerprint density at radius 2 is 2.44 bits per heavy atom. The molecule has 1 nitrogen and oxygen atoms in total. The van der Waals surface area contributed by atoms with Crippen molar-refractivity contribution in [2.45, 2.75) is 6.04 Å². The summed E-state index contributed by atoms with van der Waals surface area (Å²) in [6.07, 6.45) is 5.96. The van der Waals surface area contributed by atoms with Gasteiger partial charge in [-0.05, 0) is 18.4 Å². The van der Waals surface area contributed by atoms with Gasteiger partial charge in [0.2, 0.25) is 0 Å². The fourth-order valence-corrected chi connectivity index (χ4v) is 2.04. The Hall–Kier alpha value is 0.240. The molecule has 9 heavy (non-hydrogen) atoms. The van der Waals surface area contributed by atoms with Gasteiger partial charge in [0.05, 0.1) is 6.04 Å². The molecule has 0 spiro atoms. The van der Waals surface area contributed by atoms with Crippen LogP contribution in [0, 0.1) is 0 Å². The first-order chi connectivity index (χ1) is 4.34. The summed E-state index contributed by atoms with van der Waals surface area (Å²) in [5, 5.41) is 4.11. The monoisotopic (exact) mass is 251 g/mol. The molecule has 1 aliphatic rings. The maximum Gasteiger partial charge on any atom is 0.0670 e. The van der Waals surface area contributed by atoms with Crippen LogP contribution in [0.25, 0.3) is 0 Å². The van der Waals surface area contributed by atoms with Gasteiger partial charge in [0.1, 0.15) is 0 Å². The highest BCUT2D eigenvalue weighted by Crippen LogP contribution is 2.15. The van der Waals surface area contributed by atoms with Crippen molar-refractivity contribution in [3.63, 3.8) is 0 Å². The smallest absolute Gasteiger partial charge is 0.0670 e. The van der Waals surface area contributed by atoms with Gasteiger partial charge in [-0.25, -0.2) is 0 Å². The Morgan fingerprint density at radius 1 is 1.67 bits per heavy atom. The molecule has 0 bridgehead atoms. The molecule has 1 unspecified atom stereocenters. The lowest BCUT2D eigenvalue weighted by atomic mass is 10.2. The van der Waals surface area contributed by atoms with Crippen LogP contribution in [0.3, 0.4) is 0 Å². The molecular formula is C6H7Br2N. The van der Waals surface area contributed by atoms with Crippen molar-refractivity contribution in [1.82, 2.24) is 5.32 Å². The van der Waals surface area contributed by atoms with Crippen LogP contribution in [0.1, 0.15) is 0 Å². The molecule has 0 fully saturated rings. The summed E-state index contributed by atoms with van der Waals surface area (Å²) >= 11 is 6.82. The molecule has 1 rings (SSSR count). The minimum absolute atomic E-state index is 0.412. The standard InChI is InChI=1S/C6H7Br2N/c7-4-6-5(8)2-1-3-9-6/h1-3,6,9H,4H2. The van der Waals surface area contributed by atoms with Crippen molar-refractivity contribution in [2.75, 3.05) is 5.33 Å². The third kappa shape index (κ3) is 1.83. The molecule has 3 heteroatoms. The van der Waals surface area contributed by atoms with Crippen molar-refractivity contribution >= 4 is 31.9 Å². The normalized spacial score (nSPS) is 25.1. The number of nitrogens with one attached hydrogen (secondary N) is 1. The van der Waals surface area contributed by atoms with E-state index in [9.17, 15) is 0 Å². The van der Waals surface area contributed by atoms with Crippen molar-refractivity contribution in [3.05, 3.63) is 22.8 Å². The van der Waals surface area contributed by atoms with Gasteiger partial charge in [0, 0.05) is 9.81 Å². The Kier molecular flexibility index (Phi) is 2.79. The van der Waals surface area contributed by atoms with Gasteiger partial charge in [0.25, 0.3) is 0 Å². The van der Waals surface area contributed by atoms with Crippen molar-refractivity contribution in [2.24, 2.45) is 0 Å². The Balaban J connectivity index is 2.59. The largest absolute Gasteiger partial charge is 0.383 e. The van der Waals surface area contributed by atoms with Crippen molar-refractivity contribution < 1.29 is 0 Å². The first-order valence-electron chi connectivity index (χ1n) is 2.69. The molecule has 0 amide bonds. The van der Waals surface area contributed by atoms with Crippen LogP contribution < -0.4 is 5.32 Å². The van der Waals surface area contributed by atoms with Gasteiger partial charge in [-0.15, -0.1) is 0 Å². The van der Waals surface area contributed by atoms with E-state index >= 15 is 0 Å². The van der Waals surface area contributed by atoms with Gasteiger partial charge in [-0.2, -0.15) is 0 Å². The van der Waals surface area contributed by atoms with Gasteiger partial charge < -0.3 is 5.32 Å². The quantitative estimate of drug-likeness (QED) is 0.706. The number of rotatable bonds is 1. The summed E-state index contributed by atoms with van der Waals surface area (Å²) in [7, 11) is 0. The predicted octanol–water partition coefficient (Wildman–Crippen LogP) is 2.15. The lowest BCUT2D eigenvalue weighted by Crippen LogP contribution is -2.27. The summed E-state index contributed by atoms with van der Waals surface area (Å²) in [5.41, 5.74) is 0. The minimum Gasteiger partial charge on any atom is -0.383 e. The average Bonchev–Trinajstić information content (AvgIpc) is 1.89. The Bertz CT molecular complexity index is 151. The molecule has 0 aromatic heterocycles. The number of hydrogen-bond donors (Lipinski definition) is 1. The van der Waals surface area contributed by atoms with E-state index in [-0.39, 0.29) is 0 Å². The fraction of sp³-hybridized carbons (Fsp3) is 0.333. The molecule has 0 radical (unpaired) electrons. The highest BCUT2D eigenvalue weighted by Gasteiger charge is 2.08. The number of alkyl halides is 1. The average molecular weight is 253 g/mol. The summed E-state index contributed by atoms with van der Waals surface area (Å²) < 4.78 is 1.20. The number of dihydropyridines is 1. The van der Waals surface area contributed by atoms with Crippen LogP contribution in [0.2, 0.25) is 0 Å². The van der Waals surface area contributed by atoms with Crippen LogP contribution in [-0.2, 0) is 0 Å². The van der Waals surface area contributed by atoms with Gasteiger partial charge >= 0.3 is 0 Å². The van der Waals surface area contributed by atoms with Crippen LogP contribution in [-0.4, -0.2) is 11.4 Å². The first-order valence-corrected chi connectivity index (χ1v) is 4.60. The third-order valence-corrected chi connectivity index (χ3v) is 2.60. The van der Waals surface area contributed by atoms with Crippen LogP contribution >= 0.6 is 31.9 Å². The van der Waals surface area contributed by atoms with Crippen molar-refractivity contribution in [3.8, 4) is 0 Å². The Labute approximate surface area is 71.5 Å². The van der Waals surface area contributed by atoms with Gasteiger partial charge in [-0.3, -0.25) is 0 Å². The van der Waals surface area contributed by atoms with Crippen LogP contribution in [0.15, 0.2) is 22.8 Å². The zero-order valence-electron chi connectivity index (χ0n) is 4.77. The van der Waals surface area contributed by atoms with Crippen LogP contribution in [0.4, 0.5) is 0 Å². The molecule has 1 aliphatic heterocycles. The van der Waals surface area contributed by atoms with E-state index in [0.29, 0.717) is 6.04 Å². The topological polar surface area (TPSA) is 12.0 Å². The molecule has 0 aromatic carbocycles. The summed E-state index contributed by atoms with van der Waals surface area (Å²) in [6, 6.07) is 0.412. The van der Waals surface area contributed by atoms with E-state index in [0.717, 1.165) is 5.33 Å². The third-order valence-electron chi connectivity index (χ3n) is 1.14. The fourth-order valence-electron chi connectivity index (χ4n) is 0.626. The first kappa shape index (κ1) is 7.35. The van der Waals surface area contributed by atoms with Gasteiger partial charge in [-0.1, -0.05) is 31.9 Å². The zero-order valence-corrected chi connectivity index (χ0v) is 7.94. The van der Waals surface area contributed by atoms with E-state index in [2.05, 4.69) is 37.2 Å². The summed E-state index contributed by atoms with van der Waals surface area (Å²) in [5.74, 6) is 0. The molecular weight excluding hydrogens is 246 g/mol. The summed E-state index contributed by atoms with van der Waals surface area (Å²) in [4.78, 5) is 0. The second-order valence-corrected chi connectivity index (χ2v) is 3.35. The highest BCUT2D eigenvalue weighted by atomic mass is 79.9. The lowest BCUT2D eigenvalue weighted by molar-refractivity contribution is 0.768. The second-order valence-electron chi connectivity index (χ2n) is 1.78. The van der Waals surface area contributed by atoms with Crippen LogP contribution in [0.5, 0.6) is 0 Å². The molecule has 0 saturated carbocycles. The molecule has 1 heterocycles. The Morgan fingerprint density at radius 3 is 2.89 bits per heavy atom. The van der Waals surface area contributed by atoms with E-state index in [1.165, 1.54) is 4.48 Å². The molecule has 0 aliphatic carbocycles. The zero-order chi connectivity index (χ0) is 6.69. The molecule has 50 valence electrons. The lowest BCUT2D eigenvalue weighted by Gasteiger charge is -2.15. The number of halogens is 2. The highest BCUT2D eigenvalue weighted by molar-refractivity contribution is 9.12. The predicted molar refractivity (Wildman–Crippen MR) is 46.9 cm³/mol. The maximum absolute atomic E-state index is 3.43. The molecule has 0 saturated heterocycles. The van der Waals surface area contributed by atoms with Gasteiger partial charge in [0.15, 0.2) is 0 Å². The van der Waals surface area contributed by atoms with E-state index < -0.39 is 0 Å². The summed E-state index contributed by atoms with van der Waals surface area (Å²) in [6.45, 7) is 0. The number of allylic oxidation sites excluding steroid dienone is 2. The second kappa shape index (κ2) is 3.42. The molecule has 1 atom stereocenters. The number of hydrogen-bond acceptors (Lipinski definition) is 1. The van der Waals surface area contributed by atoms with E-state index in [4.69, 9.17) is 0 Å². The molecule has 1 N–H and O–H groups in total. The molecule has 0 aromatic rings. The van der Waals surface area contributed by atoms with E-state index in [1.807, 2.05) is 18.4 Å². The van der Waals surface area contributed by atoms with Crippen molar-refractivity contribution in [1.29, 1.82) is 0 Å².